The fourth-order valence-electron chi connectivity index (χ4n) is 5.88. The summed E-state index contributed by atoms with van der Waals surface area (Å²) in [6, 6.07) is 0. The van der Waals surface area contributed by atoms with Gasteiger partial charge in [-0.25, -0.2) is 0 Å². The fourth-order valence-corrected chi connectivity index (χ4v) is 5.88. The van der Waals surface area contributed by atoms with Gasteiger partial charge in [-0.3, -0.25) is 0 Å². The lowest BCUT2D eigenvalue weighted by molar-refractivity contribution is -0.0162. The Labute approximate surface area is 166 Å². The smallest absolute Gasteiger partial charge is 0.0142 e. The van der Waals surface area contributed by atoms with Crippen LogP contribution in [0.25, 0.3) is 0 Å². The summed E-state index contributed by atoms with van der Waals surface area (Å²) >= 11 is 0. The summed E-state index contributed by atoms with van der Waals surface area (Å²) < 4.78 is 0. The molecule has 1 fully saturated rings. The zero-order valence-corrected chi connectivity index (χ0v) is 20.3. The average Bonchev–Trinajstić information content (AvgIpc) is 2.34. The quantitative estimate of drug-likeness (QED) is 0.438. The Morgan fingerprint density at radius 1 is 0.769 bits per heavy atom. The summed E-state index contributed by atoms with van der Waals surface area (Å²) in [6.07, 6.45) is 5.18. The van der Waals surface area contributed by atoms with Gasteiger partial charge >= 0.3 is 0 Å². The van der Waals surface area contributed by atoms with Crippen molar-refractivity contribution >= 4 is 0 Å². The highest BCUT2D eigenvalue weighted by atomic mass is 14.5. The van der Waals surface area contributed by atoms with Crippen LogP contribution in [0.15, 0.2) is 12.2 Å². The molecule has 0 aromatic rings. The largest absolute Gasteiger partial charge is 0.0993 e. The molecule has 0 heterocycles. The van der Waals surface area contributed by atoms with E-state index >= 15 is 0 Å². The van der Waals surface area contributed by atoms with Gasteiger partial charge in [-0.05, 0) is 71.0 Å². The van der Waals surface area contributed by atoms with E-state index in [1.165, 1.54) is 31.3 Å². The maximum atomic E-state index is 4.66. The van der Waals surface area contributed by atoms with Crippen molar-refractivity contribution in [1.82, 2.24) is 0 Å². The zero-order chi connectivity index (χ0) is 20.7. The lowest BCUT2D eigenvalue weighted by Gasteiger charge is -2.52. The van der Waals surface area contributed by atoms with Crippen molar-refractivity contribution in [2.45, 2.75) is 109 Å². The lowest BCUT2D eigenvalue weighted by atomic mass is 9.53. The van der Waals surface area contributed by atoms with Crippen LogP contribution in [0.4, 0.5) is 0 Å². The SMILES string of the molecule is C=C(CC1C(C(C)(C)C)CC(C)CC1C(C)(C)C)C(C)(C)CC(C)(C)C. The second-order valence-electron chi connectivity index (χ2n) is 13.6. The topological polar surface area (TPSA) is 0 Å². The maximum Gasteiger partial charge on any atom is -0.0142 e. The van der Waals surface area contributed by atoms with Crippen molar-refractivity contribution in [1.29, 1.82) is 0 Å². The van der Waals surface area contributed by atoms with E-state index in [0.29, 0.717) is 16.2 Å². The van der Waals surface area contributed by atoms with Gasteiger partial charge in [0.2, 0.25) is 0 Å². The first-order chi connectivity index (χ1) is 11.3. The van der Waals surface area contributed by atoms with Gasteiger partial charge < -0.3 is 0 Å². The third-order valence-corrected chi connectivity index (χ3v) is 6.98. The second kappa shape index (κ2) is 7.63. The molecular weight excluding hydrogens is 312 g/mol. The molecule has 0 amide bonds. The molecule has 2 atom stereocenters. The number of hydrogen-bond acceptors (Lipinski definition) is 0. The Morgan fingerprint density at radius 3 is 1.46 bits per heavy atom. The van der Waals surface area contributed by atoms with Crippen LogP contribution >= 0.6 is 0 Å². The third-order valence-electron chi connectivity index (χ3n) is 6.98. The van der Waals surface area contributed by atoms with Crippen LogP contribution in [-0.2, 0) is 0 Å². The lowest BCUT2D eigenvalue weighted by Crippen LogP contribution is -2.44. The number of allylic oxidation sites excluding steroid dienone is 1. The average molecular weight is 363 g/mol. The Balaban J connectivity index is 3.17. The van der Waals surface area contributed by atoms with Gasteiger partial charge in [0, 0.05) is 0 Å². The van der Waals surface area contributed by atoms with Crippen molar-refractivity contribution in [2.75, 3.05) is 0 Å². The molecule has 0 radical (unpaired) electrons. The van der Waals surface area contributed by atoms with Crippen molar-refractivity contribution in [3.63, 3.8) is 0 Å². The number of hydrogen-bond donors (Lipinski definition) is 0. The second-order valence-corrected chi connectivity index (χ2v) is 13.6. The van der Waals surface area contributed by atoms with Gasteiger partial charge in [0.15, 0.2) is 0 Å². The van der Waals surface area contributed by atoms with Gasteiger partial charge in [0.1, 0.15) is 0 Å². The van der Waals surface area contributed by atoms with E-state index < -0.39 is 0 Å². The van der Waals surface area contributed by atoms with Gasteiger partial charge in [-0.15, -0.1) is 0 Å². The van der Waals surface area contributed by atoms with Crippen molar-refractivity contribution in [2.24, 2.45) is 45.3 Å². The standard InChI is InChI=1S/C26H50/c1-18-14-21(24(6,7)8)20(22(15-18)25(9,10)11)16-19(2)26(12,13)17-23(3,4)5/h18,20-22H,2,14-17H2,1,3-13H3. The molecule has 0 nitrogen and oxygen atoms in total. The van der Waals surface area contributed by atoms with E-state index in [9.17, 15) is 0 Å². The molecule has 1 rings (SSSR count). The minimum atomic E-state index is 0.214. The van der Waals surface area contributed by atoms with E-state index in [0.717, 1.165) is 23.7 Å². The maximum absolute atomic E-state index is 4.66. The molecule has 0 N–H and O–H groups in total. The van der Waals surface area contributed by atoms with Crippen LogP contribution in [0.5, 0.6) is 0 Å². The van der Waals surface area contributed by atoms with Crippen molar-refractivity contribution in [3.8, 4) is 0 Å². The molecular formula is C26H50. The van der Waals surface area contributed by atoms with Crippen molar-refractivity contribution < 1.29 is 0 Å². The summed E-state index contributed by atoms with van der Waals surface area (Å²) in [7, 11) is 0. The molecule has 1 aliphatic rings. The Kier molecular flexibility index (Phi) is 6.98. The highest BCUT2D eigenvalue weighted by Crippen LogP contribution is 2.55. The fraction of sp³-hybridized carbons (Fsp3) is 0.923. The van der Waals surface area contributed by atoms with Gasteiger partial charge in [0.25, 0.3) is 0 Å². The van der Waals surface area contributed by atoms with Gasteiger partial charge in [-0.1, -0.05) is 95.2 Å². The normalized spacial score (nSPS) is 28.9. The van der Waals surface area contributed by atoms with Crippen LogP contribution in [0, 0.1) is 45.3 Å². The van der Waals surface area contributed by atoms with Crippen LogP contribution in [-0.4, -0.2) is 0 Å². The first kappa shape index (κ1) is 23.8. The molecule has 2 unspecified atom stereocenters. The molecule has 0 aromatic carbocycles. The van der Waals surface area contributed by atoms with Gasteiger partial charge in [0.05, 0.1) is 0 Å². The minimum Gasteiger partial charge on any atom is -0.0993 e. The predicted molar refractivity (Wildman–Crippen MR) is 119 cm³/mol. The Hall–Kier alpha value is -0.260. The molecule has 0 bridgehead atoms. The first-order valence-electron chi connectivity index (χ1n) is 11.0. The molecule has 26 heavy (non-hydrogen) atoms. The third kappa shape index (κ3) is 6.42. The Morgan fingerprint density at radius 2 is 1.15 bits per heavy atom. The molecule has 154 valence electrons. The highest BCUT2D eigenvalue weighted by molar-refractivity contribution is 5.11. The summed E-state index contributed by atoms with van der Waals surface area (Å²) in [5.74, 6) is 3.18. The Bertz CT molecular complexity index is 448. The molecule has 1 saturated carbocycles. The van der Waals surface area contributed by atoms with Crippen molar-refractivity contribution in [3.05, 3.63) is 12.2 Å². The zero-order valence-electron chi connectivity index (χ0n) is 20.3. The van der Waals surface area contributed by atoms with Crippen LogP contribution in [0.1, 0.15) is 109 Å². The van der Waals surface area contributed by atoms with E-state index in [4.69, 9.17) is 0 Å². The molecule has 0 aliphatic heterocycles. The number of rotatable bonds is 4. The summed E-state index contributed by atoms with van der Waals surface area (Å²) in [4.78, 5) is 0. The summed E-state index contributed by atoms with van der Waals surface area (Å²) in [6.45, 7) is 33.8. The van der Waals surface area contributed by atoms with Gasteiger partial charge in [-0.2, -0.15) is 0 Å². The molecule has 0 spiro atoms. The molecule has 0 saturated heterocycles. The molecule has 1 aliphatic carbocycles. The first-order valence-corrected chi connectivity index (χ1v) is 11.0. The minimum absolute atomic E-state index is 0.214. The van der Waals surface area contributed by atoms with E-state index in [-0.39, 0.29) is 5.41 Å². The monoisotopic (exact) mass is 362 g/mol. The van der Waals surface area contributed by atoms with E-state index in [1.54, 1.807) is 0 Å². The predicted octanol–water partition coefficient (Wildman–Crippen LogP) is 8.77. The van der Waals surface area contributed by atoms with Crippen LogP contribution in [0.2, 0.25) is 0 Å². The summed E-state index contributed by atoms with van der Waals surface area (Å²) in [5, 5.41) is 0. The summed E-state index contributed by atoms with van der Waals surface area (Å²) in [5.41, 5.74) is 2.79. The van der Waals surface area contributed by atoms with E-state index in [1.807, 2.05) is 0 Å². The van der Waals surface area contributed by atoms with Crippen LogP contribution in [0.3, 0.4) is 0 Å². The van der Waals surface area contributed by atoms with E-state index in [2.05, 4.69) is 89.7 Å². The highest BCUT2D eigenvalue weighted by Gasteiger charge is 2.46. The molecule has 0 heteroatoms. The molecule has 0 aromatic heterocycles. The van der Waals surface area contributed by atoms with Crippen LogP contribution < -0.4 is 0 Å².